The molecule has 0 N–H and O–H groups in total. The van der Waals surface area contributed by atoms with E-state index in [1.807, 2.05) is 35.9 Å². The van der Waals surface area contributed by atoms with Gasteiger partial charge in [-0.3, -0.25) is 9.36 Å². The van der Waals surface area contributed by atoms with E-state index in [4.69, 9.17) is 0 Å². The molecule has 0 aliphatic heterocycles. The topological polar surface area (TPSA) is 35.6 Å². The van der Waals surface area contributed by atoms with E-state index in [1.54, 1.807) is 0 Å². The molecule has 2 aromatic rings. The van der Waals surface area contributed by atoms with Gasteiger partial charge in [0.1, 0.15) is 0 Å². The highest BCUT2D eigenvalue weighted by Crippen LogP contribution is 2.10. The van der Waals surface area contributed by atoms with Gasteiger partial charge in [0.05, 0.1) is 15.0 Å². The van der Waals surface area contributed by atoms with E-state index in [1.165, 1.54) is 27.8 Å². The van der Waals surface area contributed by atoms with Gasteiger partial charge in [-0.05, 0) is 41.5 Å². The third-order valence-electron chi connectivity index (χ3n) is 2.62. The van der Waals surface area contributed by atoms with Crippen LogP contribution in [0, 0.1) is 3.57 Å². The lowest BCUT2D eigenvalue weighted by atomic mass is 10.3. The predicted molar refractivity (Wildman–Crippen MR) is 87.1 cm³/mol. The van der Waals surface area contributed by atoms with E-state index in [-0.39, 0.29) is 0 Å². The summed E-state index contributed by atoms with van der Waals surface area (Å²) >= 11 is 2.32. The van der Waals surface area contributed by atoms with Crippen LogP contribution in [0.3, 0.4) is 0 Å². The molecule has 2 heterocycles. The molecule has 0 unspecified atom stereocenters. The summed E-state index contributed by atoms with van der Waals surface area (Å²) in [6.45, 7) is 4.33. The maximum absolute atomic E-state index is 4.31. The van der Waals surface area contributed by atoms with Crippen LogP contribution in [-0.4, -0.2) is 19.6 Å². The van der Waals surface area contributed by atoms with Gasteiger partial charge in [0.25, 0.3) is 0 Å². The van der Waals surface area contributed by atoms with E-state index >= 15 is 0 Å². The Morgan fingerprint density at radius 2 is 1.74 bits per heavy atom. The Bertz CT molecular complexity index is 487. The van der Waals surface area contributed by atoms with Crippen molar-refractivity contribution < 1.29 is 0 Å². The third-order valence-corrected chi connectivity index (χ3v) is 3.52. The first kappa shape index (κ1) is 16.2. The molecule has 0 spiro atoms. The van der Waals surface area contributed by atoms with Gasteiger partial charge >= 0.3 is 0 Å². The molecule has 0 radical (unpaired) electrons. The minimum absolute atomic E-state index is 1.10. The molecule has 4 nitrogen and oxygen atoms in total. The van der Waals surface area contributed by atoms with Gasteiger partial charge < -0.3 is 0 Å². The number of aryl methyl sites for hydroxylation is 4. The third kappa shape index (κ3) is 5.76. The lowest BCUT2D eigenvalue weighted by Gasteiger charge is -1.89. The lowest BCUT2D eigenvalue weighted by molar-refractivity contribution is 0.733. The van der Waals surface area contributed by atoms with Crippen molar-refractivity contribution in [2.75, 3.05) is 0 Å². The number of nitrogens with zero attached hydrogens (tertiary/aromatic N) is 4. The van der Waals surface area contributed by atoms with Crippen LogP contribution in [0.5, 0.6) is 0 Å². The van der Waals surface area contributed by atoms with Gasteiger partial charge in [0.15, 0.2) is 0 Å². The van der Waals surface area contributed by atoms with Crippen molar-refractivity contribution in [3.8, 4) is 0 Å². The fourth-order valence-corrected chi connectivity index (χ4v) is 2.55. The lowest BCUT2D eigenvalue weighted by Crippen LogP contribution is -1.90. The minimum Gasteiger partial charge on any atom is -0.276 e. The summed E-state index contributed by atoms with van der Waals surface area (Å²) in [5.74, 6) is 0. The van der Waals surface area contributed by atoms with Crippen LogP contribution >= 0.6 is 22.6 Å². The standard InChI is InChI=1S/C7H11IN2.C7H12N2/c1-3-4-7-6(8)5-10(2)9-7;1-3-4-7-5-6-9(2)8-7/h5H,3-4H2,1-2H3;5-6H,3-4H2,1-2H3. The van der Waals surface area contributed by atoms with Crippen LogP contribution < -0.4 is 0 Å². The highest BCUT2D eigenvalue weighted by Gasteiger charge is 2.01. The summed E-state index contributed by atoms with van der Waals surface area (Å²) in [4.78, 5) is 0. The van der Waals surface area contributed by atoms with E-state index in [0.29, 0.717) is 0 Å². The van der Waals surface area contributed by atoms with E-state index in [2.05, 4.69) is 52.7 Å². The van der Waals surface area contributed by atoms with Crippen molar-refractivity contribution >= 4 is 22.6 Å². The fraction of sp³-hybridized carbons (Fsp3) is 0.571. The first-order valence-electron chi connectivity index (χ1n) is 6.73. The zero-order chi connectivity index (χ0) is 14.3. The molecule has 106 valence electrons. The summed E-state index contributed by atoms with van der Waals surface area (Å²) < 4.78 is 4.99. The SMILES string of the molecule is CCCc1ccn(C)n1.CCCc1nn(C)cc1I. The minimum atomic E-state index is 1.10. The van der Waals surface area contributed by atoms with Crippen molar-refractivity contribution in [1.82, 2.24) is 19.6 Å². The van der Waals surface area contributed by atoms with Gasteiger partial charge in [0.2, 0.25) is 0 Å². The Kier molecular flexibility index (Phi) is 7.12. The number of aromatic nitrogens is 4. The predicted octanol–water partition coefficient (Wildman–Crippen LogP) is 3.35. The fourth-order valence-electron chi connectivity index (χ4n) is 1.76. The molecule has 0 saturated heterocycles. The van der Waals surface area contributed by atoms with E-state index < -0.39 is 0 Å². The first-order chi connectivity index (χ1) is 9.06. The second-order valence-electron chi connectivity index (χ2n) is 4.58. The van der Waals surface area contributed by atoms with Crippen LogP contribution in [0.1, 0.15) is 38.1 Å². The Labute approximate surface area is 129 Å². The number of hydrogen-bond donors (Lipinski definition) is 0. The molecule has 5 heteroatoms. The van der Waals surface area contributed by atoms with Crippen molar-refractivity contribution in [3.05, 3.63) is 33.4 Å². The molecule has 0 fully saturated rings. The molecule has 0 bridgehead atoms. The molecule has 0 aliphatic carbocycles. The summed E-state index contributed by atoms with van der Waals surface area (Å²) in [6, 6.07) is 2.06. The van der Waals surface area contributed by atoms with Crippen LogP contribution in [0.4, 0.5) is 0 Å². The molecule has 19 heavy (non-hydrogen) atoms. The molecule has 0 saturated carbocycles. The molecule has 0 amide bonds. The van der Waals surface area contributed by atoms with Crippen molar-refractivity contribution in [2.24, 2.45) is 14.1 Å². The summed E-state index contributed by atoms with van der Waals surface area (Å²) in [5.41, 5.74) is 2.42. The van der Waals surface area contributed by atoms with Gasteiger partial charge in [-0.1, -0.05) is 26.7 Å². The normalized spacial score (nSPS) is 10.2. The second kappa shape index (κ2) is 8.35. The monoisotopic (exact) mass is 374 g/mol. The highest BCUT2D eigenvalue weighted by atomic mass is 127. The van der Waals surface area contributed by atoms with Crippen LogP contribution in [0.15, 0.2) is 18.5 Å². The maximum atomic E-state index is 4.31. The number of halogens is 1. The largest absolute Gasteiger partial charge is 0.276 e. The molecule has 0 aliphatic rings. The molecule has 2 aromatic heterocycles. The second-order valence-corrected chi connectivity index (χ2v) is 5.74. The van der Waals surface area contributed by atoms with Gasteiger partial charge in [-0.15, -0.1) is 0 Å². The molecular formula is C14H23IN4. The van der Waals surface area contributed by atoms with E-state index in [0.717, 1.165) is 12.8 Å². The average Bonchev–Trinajstić information content (AvgIpc) is 2.88. The van der Waals surface area contributed by atoms with Crippen molar-refractivity contribution in [2.45, 2.75) is 39.5 Å². The van der Waals surface area contributed by atoms with Crippen molar-refractivity contribution in [3.63, 3.8) is 0 Å². The van der Waals surface area contributed by atoms with Gasteiger partial charge in [0, 0.05) is 26.5 Å². The van der Waals surface area contributed by atoms with E-state index in [9.17, 15) is 0 Å². The Morgan fingerprint density at radius 1 is 1.05 bits per heavy atom. The van der Waals surface area contributed by atoms with Gasteiger partial charge in [-0.25, -0.2) is 0 Å². The molecule has 2 rings (SSSR count). The Hall–Kier alpha value is -0.850. The van der Waals surface area contributed by atoms with Crippen molar-refractivity contribution in [1.29, 1.82) is 0 Å². The Balaban J connectivity index is 0.000000191. The summed E-state index contributed by atoms with van der Waals surface area (Å²) in [7, 11) is 3.90. The van der Waals surface area contributed by atoms with Crippen LogP contribution in [-0.2, 0) is 26.9 Å². The number of rotatable bonds is 4. The maximum Gasteiger partial charge on any atom is 0.0757 e. The molecular weight excluding hydrogens is 351 g/mol. The first-order valence-corrected chi connectivity index (χ1v) is 7.81. The molecule has 0 atom stereocenters. The van der Waals surface area contributed by atoms with Crippen LogP contribution in [0.25, 0.3) is 0 Å². The Morgan fingerprint density at radius 3 is 2.16 bits per heavy atom. The smallest absolute Gasteiger partial charge is 0.0757 e. The summed E-state index contributed by atoms with van der Waals surface area (Å²) in [5, 5.41) is 8.53. The zero-order valence-electron chi connectivity index (χ0n) is 12.2. The zero-order valence-corrected chi connectivity index (χ0v) is 14.4. The van der Waals surface area contributed by atoms with Crippen LogP contribution in [0.2, 0.25) is 0 Å². The van der Waals surface area contributed by atoms with Gasteiger partial charge in [-0.2, -0.15) is 10.2 Å². The summed E-state index contributed by atoms with van der Waals surface area (Å²) in [6.07, 6.45) is 8.57. The average molecular weight is 374 g/mol. The number of hydrogen-bond acceptors (Lipinski definition) is 2. The quantitative estimate of drug-likeness (QED) is 0.770. The highest BCUT2D eigenvalue weighted by molar-refractivity contribution is 14.1. The molecule has 0 aromatic carbocycles.